The van der Waals surface area contributed by atoms with Gasteiger partial charge in [0.1, 0.15) is 17.3 Å². The molecule has 1 aromatic heterocycles. The number of alkyl halides is 1. The molecule has 0 N–H and O–H groups in total. The average Bonchev–Trinajstić information content (AvgIpc) is 2.86. The van der Waals surface area contributed by atoms with E-state index in [0.29, 0.717) is 0 Å². The van der Waals surface area contributed by atoms with E-state index in [1.54, 1.807) is 7.11 Å². The second-order valence-electron chi connectivity index (χ2n) is 3.91. The minimum Gasteiger partial charge on any atom is -0.497 e. The Balaban J connectivity index is 2.30. The molecule has 4 heteroatoms. The molecule has 0 aliphatic heterocycles. The predicted octanol–water partition coefficient (Wildman–Crippen LogP) is 5.10. The van der Waals surface area contributed by atoms with E-state index < -0.39 is 0 Å². The molecule has 0 spiro atoms. The number of benzene rings is 1. The molecule has 18 heavy (non-hydrogen) atoms. The maximum atomic E-state index is 5.76. The highest BCUT2D eigenvalue weighted by Crippen LogP contribution is 2.37. The largest absolute Gasteiger partial charge is 0.497 e. The van der Waals surface area contributed by atoms with Crippen molar-refractivity contribution >= 4 is 31.9 Å². The Labute approximate surface area is 124 Å². The van der Waals surface area contributed by atoms with Crippen LogP contribution >= 0.6 is 31.9 Å². The molecule has 1 atom stereocenters. The molecule has 2 nitrogen and oxygen atoms in total. The topological polar surface area (TPSA) is 22.4 Å². The van der Waals surface area contributed by atoms with Crippen molar-refractivity contribution < 1.29 is 9.15 Å². The van der Waals surface area contributed by atoms with E-state index in [1.165, 1.54) is 0 Å². The molecule has 1 heterocycles. The minimum absolute atomic E-state index is 0.0399. The normalized spacial score (nSPS) is 12.4. The zero-order valence-corrected chi connectivity index (χ0v) is 13.4. The van der Waals surface area contributed by atoms with Crippen LogP contribution in [0.2, 0.25) is 0 Å². The standard InChI is InChI=1S/C14H14Br2O2/c1-3-9-5-7-13(18-9)14(16)11-6-4-10(17-2)8-12(11)15/h4-8,14H,3H2,1-2H3. The summed E-state index contributed by atoms with van der Waals surface area (Å²) in [7, 11) is 1.66. The van der Waals surface area contributed by atoms with Crippen LogP contribution < -0.4 is 4.74 Å². The molecule has 2 rings (SSSR count). The van der Waals surface area contributed by atoms with Crippen molar-refractivity contribution in [2.24, 2.45) is 0 Å². The first-order valence-electron chi connectivity index (χ1n) is 5.71. The molecule has 0 fully saturated rings. The van der Waals surface area contributed by atoms with Gasteiger partial charge in [0.15, 0.2) is 0 Å². The van der Waals surface area contributed by atoms with Crippen molar-refractivity contribution in [3.05, 3.63) is 51.9 Å². The molecular formula is C14H14Br2O2. The first-order valence-corrected chi connectivity index (χ1v) is 7.42. The van der Waals surface area contributed by atoms with Crippen LogP contribution in [0.3, 0.4) is 0 Å². The number of ether oxygens (including phenoxy) is 1. The fourth-order valence-corrected chi connectivity index (χ4v) is 3.25. The lowest BCUT2D eigenvalue weighted by Gasteiger charge is -2.11. The van der Waals surface area contributed by atoms with Crippen molar-refractivity contribution in [1.82, 2.24) is 0 Å². The van der Waals surface area contributed by atoms with E-state index in [0.717, 1.165) is 33.7 Å². The summed E-state index contributed by atoms with van der Waals surface area (Å²) in [5.41, 5.74) is 1.12. The molecule has 0 radical (unpaired) electrons. The quantitative estimate of drug-likeness (QED) is 0.696. The summed E-state index contributed by atoms with van der Waals surface area (Å²) in [4.78, 5) is 0.0399. The molecule has 0 bridgehead atoms. The van der Waals surface area contributed by atoms with E-state index in [9.17, 15) is 0 Å². The van der Waals surface area contributed by atoms with Gasteiger partial charge in [0.05, 0.1) is 11.9 Å². The molecule has 2 aromatic rings. The molecule has 0 aliphatic rings. The fourth-order valence-electron chi connectivity index (χ4n) is 1.71. The maximum absolute atomic E-state index is 5.76. The van der Waals surface area contributed by atoms with E-state index in [4.69, 9.17) is 9.15 Å². The fraction of sp³-hybridized carbons (Fsp3) is 0.286. The highest BCUT2D eigenvalue weighted by Gasteiger charge is 2.17. The van der Waals surface area contributed by atoms with E-state index >= 15 is 0 Å². The van der Waals surface area contributed by atoms with Gasteiger partial charge in [-0.3, -0.25) is 0 Å². The average molecular weight is 374 g/mol. The number of hydrogen-bond donors (Lipinski definition) is 0. The van der Waals surface area contributed by atoms with E-state index in [2.05, 4.69) is 38.8 Å². The lowest BCUT2D eigenvalue weighted by molar-refractivity contribution is 0.414. The second kappa shape index (κ2) is 5.93. The number of aryl methyl sites for hydroxylation is 1. The monoisotopic (exact) mass is 372 g/mol. The Morgan fingerprint density at radius 2 is 2.06 bits per heavy atom. The van der Waals surface area contributed by atoms with E-state index in [1.807, 2.05) is 30.3 Å². The molecule has 96 valence electrons. The zero-order chi connectivity index (χ0) is 13.1. The summed E-state index contributed by atoms with van der Waals surface area (Å²) in [6.45, 7) is 2.08. The molecule has 0 saturated heterocycles. The van der Waals surface area contributed by atoms with Crippen LogP contribution in [-0.4, -0.2) is 7.11 Å². The van der Waals surface area contributed by atoms with Gasteiger partial charge in [-0.1, -0.05) is 44.8 Å². The Bertz CT molecular complexity index is 534. The van der Waals surface area contributed by atoms with Crippen LogP contribution in [0.15, 0.2) is 39.2 Å². The van der Waals surface area contributed by atoms with Gasteiger partial charge in [-0.25, -0.2) is 0 Å². The van der Waals surface area contributed by atoms with Crippen LogP contribution in [0, 0.1) is 0 Å². The van der Waals surface area contributed by atoms with Crippen LogP contribution in [0.4, 0.5) is 0 Å². The minimum atomic E-state index is 0.0399. The third-order valence-electron chi connectivity index (χ3n) is 2.76. The van der Waals surface area contributed by atoms with Crippen LogP contribution in [0.5, 0.6) is 5.75 Å². The van der Waals surface area contributed by atoms with E-state index in [-0.39, 0.29) is 4.83 Å². The molecule has 0 saturated carbocycles. The Kier molecular flexibility index (Phi) is 4.51. The number of rotatable bonds is 4. The number of methoxy groups -OCH3 is 1. The number of halogens is 2. The van der Waals surface area contributed by atoms with Gasteiger partial charge < -0.3 is 9.15 Å². The second-order valence-corrected chi connectivity index (χ2v) is 5.68. The highest BCUT2D eigenvalue weighted by molar-refractivity contribution is 9.11. The number of furan rings is 1. The zero-order valence-electron chi connectivity index (χ0n) is 10.2. The molecular weight excluding hydrogens is 360 g/mol. The first kappa shape index (κ1) is 13.7. The van der Waals surface area contributed by atoms with Gasteiger partial charge in [-0.05, 0) is 29.8 Å². The van der Waals surface area contributed by atoms with Crippen molar-refractivity contribution in [3.8, 4) is 5.75 Å². The summed E-state index contributed by atoms with van der Waals surface area (Å²) in [5.74, 6) is 2.75. The molecule has 0 aliphatic carbocycles. The third kappa shape index (κ3) is 2.81. The smallest absolute Gasteiger partial charge is 0.122 e. The molecule has 1 unspecified atom stereocenters. The summed E-state index contributed by atoms with van der Waals surface area (Å²) in [6, 6.07) is 9.94. The Morgan fingerprint density at radius 3 is 2.61 bits per heavy atom. The van der Waals surface area contributed by atoms with Gasteiger partial charge in [-0.2, -0.15) is 0 Å². The summed E-state index contributed by atoms with van der Waals surface area (Å²) in [5, 5.41) is 0. The van der Waals surface area contributed by atoms with Gasteiger partial charge in [0, 0.05) is 10.9 Å². The summed E-state index contributed by atoms with van der Waals surface area (Å²) in [6.07, 6.45) is 0.906. The van der Waals surface area contributed by atoms with Crippen molar-refractivity contribution in [2.75, 3.05) is 7.11 Å². The van der Waals surface area contributed by atoms with Crippen LogP contribution in [0.25, 0.3) is 0 Å². The van der Waals surface area contributed by atoms with Gasteiger partial charge in [0.2, 0.25) is 0 Å². The van der Waals surface area contributed by atoms with Gasteiger partial charge >= 0.3 is 0 Å². The predicted molar refractivity (Wildman–Crippen MR) is 79.6 cm³/mol. The summed E-state index contributed by atoms with van der Waals surface area (Å²) < 4.78 is 11.9. The Morgan fingerprint density at radius 1 is 1.28 bits per heavy atom. The lowest BCUT2D eigenvalue weighted by Crippen LogP contribution is -1.93. The van der Waals surface area contributed by atoms with Crippen LogP contribution in [0.1, 0.15) is 28.8 Å². The Hall–Kier alpha value is -0.740. The maximum Gasteiger partial charge on any atom is 0.122 e. The van der Waals surface area contributed by atoms with Crippen LogP contribution in [-0.2, 0) is 6.42 Å². The molecule has 1 aromatic carbocycles. The molecule has 0 amide bonds. The highest BCUT2D eigenvalue weighted by atomic mass is 79.9. The number of hydrogen-bond acceptors (Lipinski definition) is 2. The van der Waals surface area contributed by atoms with Crippen molar-refractivity contribution in [2.45, 2.75) is 18.2 Å². The lowest BCUT2D eigenvalue weighted by atomic mass is 10.1. The third-order valence-corrected chi connectivity index (χ3v) is 4.39. The summed E-state index contributed by atoms with van der Waals surface area (Å²) >= 11 is 7.23. The van der Waals surface area contributed by atoms with Crippen molar-refractivity contribution in [3.63, 3.8) is 0 Å². The van der Waals surface area contributed by atoms with Gasteiger partial charge in [0.25, 0.3) is 0 Å². The van der Waals surface area contributed by atoms with Crippen molar-refractivity contribution in [1.29, 1.82) is 0 Å². The van der Waals surface area contributed by atoms with Gasteiger partial charge in [-0.15, -0.1) is 0 Å². The SMILES string of the molecule is CCc1ccc(C(Br)c2ccc(OC)cc2Br)o1. The first-order chi connectivity index (χ1) is 8.65.